The second kappa shape index (κ2) is 6.76. The number of aryl methyl sites for hydroxylation is 1. The predicted molar refractivity (Wildman–Crippen MR) is 81.3 cm³/mol. The van der Waals surface area contributed by atoms with Crippen molar-refractivity contribution < 1.29 is 13.7 Å². The third-order valence-corrected chi connectivity index (χ3v) is 3.94. The van der Waals surface area contributed by atoms with Crippen LogP contribution in [0.4, 0.5) is 0 Å². The summed E-state index contributed by atoms with van der Waals surface area (Å²) in [7, 11) is 0. The van der Waals surface area contributed by atoms with Gasteiger partial charge in [-0.15, -0.1) is 0 Å². The van der Waals surface area contributed by atoms with E-state index < -0.39 is 5.91 Å². The van der Waals surface area contributed by atoms with Crippen LogP contribution in [0.5, 0.6) is 0 Å². The van der Waals surface area contributed by atoms with Crippen molar-refractivity contribution >= 4 is 5.91 Å². The van der Waals surface area contributed by atoms with Crippen molar-refractivity contribution in [2.75, 3.05) is 6.54 Å². The maximum atomic E-state index is 11.9. The Bertz CT molecular complexity index is 744. The van der Waals surface area contributed by atoms with E-state index in [2.05, 4.69) is 15.5 Å². The lowest BCUT2D eigenvalue weighted by molar-refractivity contribution is 0.0922. The van der Waals surface area contributed by atoms with Gasteiger partial charge in [0, 0.05) is 31.0 Å². The van der Waals surface area contributed by atoms with E-state index in [0.717, 1.165) is 12.8 Å². The molecule has 0 saturated heterocycles. The van der Waals surface area contributed by atoms with E-state index in [9.17, 15) is 9.59 Å². The third kappa shape index (κ3) is 3.85. The average molecular weight is 317 g/mol. The Labute approximate surface area is 133 Å². The minimum Gasteiger partial charge on any atom is -0.456 e. The zero-order valence-corrected chi connectivity index (χ0v) is 13.0. The first kappa shape index (κ1) is 15.5. The lowest BCUT2D eigenvalue weighted by Crippen LogP contribution is -2.26. The zero-order chi connectivity index (χ0) is 16.2. The molecule has 122 valence electrons. The summed E-state index contributed by atoms with van der Waals surface area (Å²) in [5, 5.41) is 6.64. The van der Waals surface area contributed by atoms with Crippen molar-refractivity contribution in [3.05, 3.63) is 45.6 Å². The molecule has 1 N–H and O–H groups in total. The Balaban J connectivity index is 1.52. The molecule has 0 aliphatic heterocycles. The molecule has 1 amide bonds. The Morgan fingerprint density at radius 2 is 2.13 bits per heavy atom. The normalized spacial score (nSPS) is 15.0. The van der Waals surface area contributed by atoms with E-state index in [0.29, 0.717) is 36.4 Å². The fourth-order valence-corrected chi connectivity index (χ4v) is 2.80. The maximum absolute atomic E-state index is 11.9. The summed E-state index contributed by atoms with van der Waals surface area (Å²) < 4.78 is 10.5. The van der Waals surface area contributed by atoms with Crippen LogP contribution in [0.2, 0.25) is 0 Å². The van der Waals surface area contributed by atoms with Gasteiger partial charge in [-0.1, -0.05) is 18.0 Å². The molecule has 3 rings (SSSR count). The summed E-state index contributed by atoms with van der Waals surface area (Å²) in [5.74, 6) is 1.65. The SMILES string of the molecule is Cc1cc(=O)cc(C(=O)NCCc2noc(C3CCCC3)n2)o1. The van der Waals surface area contributed by atoms with Gasteiger partial charge >= 0.3 is 0 Å². The van der Waals surface area contributed by atoms with E-state index in [1.165, 1.54) is 25.0 Å². The highest BCUT2D eigenvalue weighted by atomic mass is 16.5. The highest BCUT2D eigenvalue weighted by Crippen LogP contribution is 2.32. The van der Waals surface area contributed by atoms with Gasteiger partial charge in [-0.2, -0.15) is 4.98 Å². The molecular formula is C16H19N3O4. The smallest absolute Gasteiger partial charge is 0.287 e. The summed E-state index contributed by atoms with van der Waals surface area (Å²) in [4.78, 5) is 27.7. The van der Waals surface area contributed by atoms with Gasteiger partial charge in [-0.3, -0.25) is 9.59 Å². The molecule has 0 aromatic carbocycles. The molecule has 1 aliphatic rings. The number of nitrogens with zero attached hydrogens (tertiary/aromatic N) is 2. The molecule has 0 bridgehead atoms. The fourth-order valence-electron chi connectivity index (χ4n) is 2.80. The van der Waals surface area contributed by atoms with Gasteiger partial charge in [-0.05, 0) is 19.8 Å². The van der Waals surface area contributed by atoms with E-state index in [4.69, 9.17) is 8.94 Å². The van der Waals surface area contributed by atoms with E-state index in [1.807, 2.05) is 0 Å². The van der Waals surface area contributed by atoms with Crippen molar-refractivity contribution in [1.29, 1.82) is 0 Å². The maximum Gasteiger partial charge on any atom is 0.287 e. The van der Waals surface area contributed by atoms with Crippen LogP contribution < -0.4 is 10.7 Å². The Hall–Kier alpha value is -2.44. The van der Waals surface area contributed by atoms with Crippen LogP contribution in [-0.2, 0) is 6.42 Å². The van der Waals surface area contributed by atoms with Gasteiger partial charge in [-0.25, -0.2) is 0 Å². The zero-order valence-electron chi connectivity index (χ0n) is 13.0. The first-order valence-electron chi connectivity index (χ1n) is 7.84. The van der Waals surface area contributed by atoms with Crippen molar-refractivity contribution in [2.45, 2.75) is 44.9 Å². The van der Waals surface area contributed by atoms with Crippen LogP contribution in [0.25, 0.3) is 0 Å². The molecule has 1 fully saturated rings. The summed E-state index contributed by atoms with van der Waals surface area (Å²) in [6.07, 6.45) is 5.09. The topological polar surface area (TPSA) is 98.2 Å². The van der Waals surface area contributed by atoms with Crippen molar-refractivity contribution in [3.8, 4) is 0 Å². The van der Waals surface area contributed by atoms with Crippen molar-refractivity contribution in [3.63, 3.8) is 0 Å². The monoisotopic (exact) mass is 317 g/mol. The molecule has 7 heteroatoms. The first-order valence-corrected chi connectivity index (χ1v) is 7.84. The van der Waals surface area contributed by atoms with E-state index in [1.54, 1.807) is 6.92 Å². The summed E-state index contributed by atoms with van der Waals surface area (Å²) in [6.45, 7) is 1.97. The first-order chi connectivity index (χ1) is 11.1. The Morgan fingerprint density at radius 1 is 1.35 bits per heavy atom. The number of carbonyl (C=O) groups is 1. The predicted octanol–water partition coefficient (Wildman–Crippen LogP) is 1.96. The van der Waals surface area contributed by atoms with E-state index >= 15 is 0 Å². The highest BCUT2D eigenvalue weighted by Gasteiger charge is 2.22. The lowest BCUT2D eigenvalue weighted by atomic mass is 10.1. The molecule has 2 heterocycles. The van der Waals surface area contributed by atoms with Crippen LogP contribution in [-0.4, -0.2) is 22.6 Å². The van der Waals surface area contributed by atoms with Crippen LogP contribution in [0.15, 0.2) is 25.9 Å². The van der Waals surface area contributed by atoms with Gasteiger partial charge in [0.25, 0.3) is 5.91 Å². The van der Waals surface area contributed by atoms with Gasteiger partial charge in [0.2, 0.25) is 5.89 Å². The van der Waals surface area contributed by atoms with Gasteiger partial charge < -0.3 is 14.3 Å². The van der Waals surface area contributed by atoms with Crippen molar-refractivity contribution in [2.24, 2.45) is 0 Å². The molecule has 0 atom stereocenters. The molecule has 1 saturated carbocycles. The van der Waals surface area contributed by atoms with E-state index in [-0.39, 0.29) is 11.2 Å². The minimum atomic E-state index is -0.426. The molecule has 0 radical (unpaired) electrons. The molecule has 0 spiro atoms. The number of rotatable bonds is 5. The Morgan fingerprint density at radius 3 is 2.87 bits per heavy atom. The van der Waals surface area contributed by atoms with Crippen LogP contribution in [0.1, 0.15) is 59.6 Å². The molecular weight excluding hydrogens is 298 g/mol. The van der Waals surface area contributed by atoms with Crippen LogP contribution >= 0.6 is 0 Å². The third-order valence-electron chi connectivity index (χ3n) is 3.94. The highest BCUT2D eigenvalue weighted by molar-refractivity contribution is 5.91. The number of carbonyl (C=O) groups excluding carboxylic acids is 1. The van der Waals surface area contributed by atoms with Gasteiger partial charge in [0.1, 0.15) is 5.76 Å². The van der Waals surface area contributed by atoms with Gasteiger partial charge in [0.15, 0.2) is 17.0 Å². The minimum absolute atomic E-state index is 0.00903. The molecule has 1 aliphatic carbocycles. The molecule has 2 aromatic rings. The fraction of sp³-hybridized carbons (Fsp3) is 0.500. The number of hydrogen-bond acceptors (Lipinski definition) is 6. The van der Waals surface area contributed by atoms with Gasteiger partial charge in [0.05, 0.1) is 0 Å². The van der Waals surface area contributed by atoms with Crippen LogP contribution in [0, 0.1) is 6.92 Å². The summed E-state index contributed by atoms with van der Waals surface area (Å²) >= 11 is 0. The number of hydrogen-bond donors (Lipinski definition) is 1. The second-order valence-electron chi connectivity index (χ2n) is 5.80. The summed E-state index contributed by atoms with van der Waals surface area (Å²) in [6, 6.07) is 2.51. The molecule has 7 nitrogen and oxygen atoms in total. The molecule has 23 heavy (non-hydrogen) atoms. The standard InChI is InChI=1S/C16H19N3O4/c1-10-8-12(20)9-13(22-10)15(21)17-7-6-14-18-16(23-19-14)11-4-2-3-5-11/h8-9,11H,2-7H2,1H3,(H,17,21). The lowest BCUT2D eigenvalue weighted by Gasteiger charge is -2.03. The number of nitrogens with one attached hydrogen (secondary N) is 1. The summed E-state index contributed by atoms with van der Waals surface area (Å²) in [5.41, 5.74) is -0.252. The second-order valence-corrected chi connectivity index (χ2v) is 5.80. The molecule has 0 unspecified atom stereocenters. The van der Waals surface area contributed by atoms with Crippen molar-refractivity contribution in [1.82, 2.24) is 15.5 Å². The molecule has 2 aromatic heterocycles. The average Bonchev–Trinajstić information content (AvgIpc) is 3.17. The number of amides is 1. The van der Waals surface area contributed by atoms with Crippen LogP contribution in [0.3, 0.4) is 0 Å². The largest absolute Gasteiger partial charge is 0.456 e. The quantitative estimate of drug-likeness (QED) is 0.905. The number of aromatic nitrogens is 2. The Kier molecular flexibility index (Phi) is 4.55.